The Hall–Kier alpha value is -3.03. The van der Waals surface area contributed by atoms with Gasteiger partial charge in [0.2, 0.25) is 6.10 Å². The molecule has 2 aromatic carbocycles. The van der Waals surface area contributed by atoms with Crippen LogP contribution in [0.25, 0.3) is 0 Å². The molecular formula is C18H15F3N2O3. The van der Waals surface area contributed by atoms with Crippen LogP contribution in [0.1, 0.15) is 17.5 Å². The summed E-state index contributed by atoms with van der Waals surface area (Å²) in [4.78, 5) is 17.4. The van der Waals surface area contributed by atoms with Crippen molar-refractivity contribution in [2.45, 2.75) is 18.7 Å². The van der Waals surface area contributed by atoms with Gasteiger partial charge < -0.3 is 14.9 Å². The predicted molar refractivity (Wildman–Crippen MR) is 89.1 cm³/mol. The smallest absolute Gasteiger partial charge is 0.416 e. The summed E-state index contributed by atoms with van der Waals surface area (Å²) < 4.78 is 42.7. The second kappa shape index (κ2) is 7.07. The van der Waals surface area contributed by atoms with Gasteiger partial charge in [-0.25, -0.2) is 0 Å². The molecule has 26 heavy (non-hydrogen) atoms. The molecule has 0 saturated carbocycles. The van der Waals surface area contributed by atoms with Gasteiger partial charge in [-0.15, -0.1) is 0 Å². The van der Waals surface area contributed by atoms with Crippen molar-refractivity contribution in [3.8, 4) is 5.75 Å². The molecule has 0 spiro atoms. The highest BCUT2D eigenvalue weighted by molar-refractivity contribution is 6.06. The van der Waals surface area contributed by atoms with E-state index in [-0.39, 0.29) is 12.1 Å². The first-order chi connectivity index (χ1) is 12.4. The van der Waals surface area contributed by atoms with Crippen molar-refractivity contribution in [2.75, 3.05) is 12.4 Å². The molecule has 0 aliphatic carbocycles. The summed E-state index contributed by atoms with van der Waals surface area (Å²) in [5.74, 6) is 0.224. The molecule has 2 aromatic rings. The molecule has 0 unspecified atom stereocenters. The monoisotopic (exact) mass is 364 g/mol. The van der Waals surface area contributed by atoms with E-state index in [1.165, 1.54) is 12.1 Å². The fraction of sp³-hybridized carbons (Fsp3) is 0.222. The van der Waals surface area contributed by atoms with Gasteiger partial charge in [-0.05, 0) is 54.1 Å². The number of alkyl halides is 3. The lowest BCUT2D eigenvalue weighted by Crippen LogP contribution is -2.28. The number of carbonyl (C=O) groups is 1. The Labute approximate surface area is 147 Å². The highest BCUT2D eigenvalue weighted by Crippen LogP contribution is 2.30. The van der Waals surface area contributed by atoms with E-state index >= 15 is 0 Å². The first kappa shape index (κ1) is 17.8. The minimum Gasteiger partial charge on any atom is -0.497 e. The second-order valence-electron chi connectivity index (χ2n) is 5.63. The van der Waals surface area contributed by atoms with Crippen LogP contribution < -0.4 is 10.1 Å². The lowest BCUT2D eigenvalue weighted by Gasteiger charge is -2.11. The van der Waals surface area contributed by atoms with Crippen molar-refractivity contribution in [1.82, 2.24) is 0 Å². The number of carbonyl (C=O) groups excluding carboxylic acids is 1. The lowest BCUT2D eigenvalue weighted by molar-refractivity contribution is -0.137. The number of hydrogen-bond donors (Lipinski definition) is 1. The molecule has 0 aromatic heterocycles. The zero-order valence-corrected chi connectivity index (χ0v) is 13.7. The molecule has 1 aliphatic heterocycles. The standard InChI is InChI=1S/C18H15F3N2O3/c1-25-14-8-2-11(3-9-14)15-10-16(26-23-15)17(24)22-13-6-4-12(5-7-13)18(19,20)21/h2-9,16H,10H2,1H3,(H,22,24)/t16-/m0/s1. The van der Waals surface area contributed by atoms with Crippen LogP contribution in [-0.4, -0.2) is 24.8 Å². The van der Waals surface area contributed by atoms with E-state index in [2.05, 4.69) is 10.5 Å². The van der Waals surface area contributed by atoms with E-state index in [4.69, 9.17) is 9.57 Å². The molecule has 1 N–H and O–H groups in total. The number of oxime groups is 1. The van der Waals surface area contributed by atoms with Crippen LogP contribution >= 0.6 is 0 Å². The fourth-order valence-corrected chi connectivity index (χ4v) is 2.44. The molecule has 0 bridgehead atoms. The fourth-order valence-electron chi connectivity index (χ4n) is 2.44. The molecule has 1 aliphatic rings. The number of hydrogen-bond acceptors (Lipinski definition) is 4. The lowest BCUT2D eigenvalue weighted by atomic mass is 10.0. The Morgan fingerprint density at radius 1 is 1.15 bits per heavy atom. The van der Waals surface area contributed by atoms with Crippen LogP contribution in [0.5, 0.6) is 5.75 Å². The Kier molecular flexibility index (Phi) is 4.83. The minimum absolute atomic E-state index is 0.254. The third-order valence-corrected chi connectivity index (χ3v) is 3.86. The van der Waals surface area contributed by atoms with Crippen LogP contribution in [0.2, 0.25) is 0 Å². The van der Waals surface area contributed by atoms with Gasteiger partial charge in [0.05, 0.1) is 18.4 Å². The first-order valence-electron chi connectivity index (χ1n) is 7.72. The van der Waals surface area contributed by atoms with Gasteiger partial charge in [0.15, 0.2) is 0 Å². The Bertz CT molecular complexity index is 815. The van der Waals surface area contributed by atoms with Gasteiger partial charge in [0.1, 0.15) is 5.75 Å². The summed E-state index contributed by atoms with van der Waals surface area (Å²) in [5.41, 5.74) is 0.887. The van der Waals surface area contributed by atoms with E-state index in [0.717, 1.165) is 17.7 Å². The van der Waals surface area contributed by atoms with Crippen molar-refractivity contribution in [1.29, 1.82) is 0 Å². The summed E-state index contributed by atoms with van der Waals surface area (Å²) in [5, 5.41) is 6.45. The number of methoxy groups -OCH3 is 1. The zero-order valence-electron chi connectivity index (χ0n) is 13.7. The van der Waals surface area contributed by atoms with Crippen LogP contribution in [0.3, 0.4) is 0 Å². The van der Waals surface area contributed by atoms with E-state index < -0.39 is 23.8 Å². The van der Waals surface area contributed by atoms with Crippen LogP contribution in [0, 0.1) is 0 Å². The maximum absolute atomic E-state index is 12.5. The predicted octanol–water partition coefficient (Wildman–Crippen LogP) is 3.85. The molecule has 3 rings (SSSR count). The number of rotatable bonds is 4. The van der Waals surface area contributed by atoms with Crippen molar-refractivity contribution in [2.24, 2.45) is 5.16 Å². The second-order valence-corrected chi connectivity index (χ2v) is 5.63. The number of amides is 1. The summed E-state index contributed by atoms with van der Waals surface area (Å²) in [6.07, 6.45) is -4.99. The van der Waals surface area contributed by atoms with Crippen LogP contribution in [-0.2, 0) is 15.8 Å². The summed E-state index contributed by atoms with van der Waals surface area (Å²) in [6, 6.07) is 11.4. The number of benzene rings is 2. The maximum Gasteiger partial charge on any atom is 0.416 e. The van der Waals surface area contributed by atoms with E-state index in [1.54, 1.807) is 31.4 Å². The van der Waals surface area contributed by atoms with Gasteiger partial charge in [-0.3, -0.25) is 4.79 Å². The third-order valence-electron chi connectivity index (χ3n) is 3.86. The molecule has 1 atom stereocenters. The van der Waals surface area contributed by atoms with Gasteiger partial charge in [0, 0.05) is 12.1 Å². The average Bonchev–Trinajstić information content (AvgIpc) is 3.12. The van der Waals surface area contributed by atoms with Gasteiger partial charge in [-0.2, -0.15) is 13.2 Å². The first-order valence-corrected chi connectivity index (χ1v) is 7.72. The summed E-state index contributed by atoms with van der Waals surface area (Å²) in [7, 11) is 1.56. The Morgan fingerprint density at radius 2 is 1.81 bits per heavy atom. The topological polar surface area (TPSA) is 59.9 Å². The molecule has 1 amide bonds. The molecule has 5 nitrogen and oxygen atoms in total. The zero-order chi connectivity index (χ0) is 18.7. The minimum atomic E-state index is -4.42. The molecule has 136 valence electrons. The SMILES string of the molecule is COc1ccc(C2=NO[C@H](C(=O)Nc3ccc(C(F)(F)F)cc3)C2)cc1. The molecular weight excluding hydrogens is 349 g/mol. The van der Waals surface area contributed by atoms with Crippen molar-refractivity contribution < 1.29 is 27.5 Å². The summed E-state index contributed by atoms with van der Waals surface area (Å²) >= 11 is 0. The number of ether oxygens (including phenoxy) is 1. The van der Waals surface area contributed by atoms with Gasteiger partial charge >= 0.3 is 6.18 Å². The van der Waals surface area contributed by atoms with Gasteiger partial charge in [-0.1, -0.05) is 5.16 Å². The molecule has 0 saturated heterocycles. The number of nitrogens with zero attached hydrogens (tertiary/aromatic N) is 1. The van der Waals surface area contributed by atoms with E-state index in [0.29, 0.717) is 11.5 Å². The molecule has 1 heterocycles. The number of nitrogens with one attached hydrogen (secondary N) is 1. The molecule has 0 fully saturated rings. The number of anilines is 1. The normalized spacial score (nSPS) is 16.6. The highest BCUT2D eigenvalue weighted by Gasteiger charge is 2.31. The van der Waals surface area contributed by atoms with Crippen molar-refractivity contribution in [3.05, 3.63) is 59.7 Å². The molecule has 8 heteroatoms. The van der Waals surface area contributed by atoms with Gasteiger partial charge in [0.25, 0.3) is 5.91 Å². The summed E-state index contributed by atoms with van der Waals surface area (Å²) in [6.45, 7) is 0. The van der Waals surface area contributed by atoms with Crippen LogP contribution in [0.15, 0.2) is 53.7 Å². The average molecular weight is 364 g/mol. The van der Waals surface area contributed by atoms with E-state index in [1.807, 2.05) is 0 Å². The quantitative estimate of drug-likeness (QED) is 0.897. The largest absolute Gasteiger partial charge is 0.497 e. The Balaban J connectivity index is 1.60. The van der Waals surface area contributed by atoms with Crippen LogP contribution in [0.4, 0.5) is 18.9 Å². The van der Waals surface area contributed by atoms with Crippen molar-refractivity contribution in [3.63, 3.8) is 0 Å². The van der Waals surface area contributed by atoms with E-state index in [9.17, 15) is 18.0 Å². The highest BCUT2D eigenvalue weighted by atomic mass is 19.4. The third kappa shape index (κ3) is 3.96. The Morgan fingerprint density at radius 3 is 2.38 bits per heavy atom. The van der Waals surface area contributed by atoms with Crippen molar-refractivity contribution >= 4 is 17.3 Å². The number of halogens is 3. The maximum atomic E-state index is 12.5. The molecule has 0 radical (unpaired) electrons.